The Kier molecular flexibility index (Phi) is 5.62. The van der Waals surface area contributed by atoms with E-state index in [4.69, 9.17) is 23.2 Å². The van der Waals surface area contributed by atoms with Gasteiger partial charge in [-0.1, -0.05) is 35.3 Å². The number of fused-ring (bicyclic) bond motifs is 1. The summed E-state index contributed by atoms with van der Waals surface area (Å²) in [6.07, 6.45) is 1.57. The van der Waals surface area contributed by atoms with Crippen molar-refractivity contribution in [1.29, 1.82) is 0 Å². The van der Waals surface area contributed by atoms with Crippen LogP contribution >= 0.6 is 23.2 Å². The first-order chi connectivity index (χ1) is 13.6. The van der Waals surface area contributed by atoms with Crippen molar-refractivity contribution >= 4 is 51.5 Å². The largest absolute Gasteiger partial charge is 0.353 e. The fourth-order valence-electron chi connectivity index (χ4n) is 3.34. The summed E-state index contributed by atoms with van der Waals surface area (Å²) in [5.41, 5.74) is 1.47. The molecule has 1 amide bonds. The lowest BCUT2D eigenvalue weighted by Crippen LogP contribution is -2.49. The predicted molar refractivity (Wildman–Crippen MR) is 113 cm³/mol. The zero-order valence-corrected chi connectivity index (χ0v) is 16.6. The molecule has 1 fully saturated rings. The molecule has 2 aromatic carbocycles. The third-order valence-electron chi connectivity index (χ3n) is 4.76. The van der Waals surface area contributed by atoms with Gasteiger partial charge < -0.3 is 10.2 Å². The first kappa shape index (κ1) is 18.9. The molecule has 0 saturated carbocycles. The van der Waals surface area contributed by atoms with Crippen molar-refractivity contribution in [2.45, 2.75) is 0 Å². The van der Waals surface area contributed by atoms with Crippen LogP contribution in [0.1, 0.15) is 0 Å². The zero-order valence-electron chi connectivity index (χ0n) is 15.1. The van der Waals surface area contributed by atoms with Crippen LogP contribution in [0, 0.1) is 0 Å². The standard InChI is InChI=1S/C20H19Cl2N5O/c21-14-5-6-15-18(11-14)23-13-24-20(15)27-9-7-26(8-10-27)12-19(28)25-17-4-2-1-3-16(17)22/h1-6,11,13H,7-10,12H2,(H,25,28). The Hall–Kier alpha value is -2.41. The molecule has 0 aliphatic carbocycles. The monoisotopic (exact) mass is 415 g/mol. The van der Waals surface area contributed by atoms with Gasteiger partial charge in [0, 0.05) is 36.6 Å². The van der Waals surface area contributed by atoms with Crippen LogP contribution in [0.3, 0.4) is 0 Å². The van der Waals surface area contributed by atoms with Crippen LogP contribution in [0.2, 0.25) is 10.0 Å². The van der Waals surface area contributed by atoms with Crippen molar-refractivity contribution in [3.63, 3.8) is 0 Å². The van der Waals surface area contributed by atoms with Gasteiger partial charge in [-0.2, -0.15) is 0 Å². The number of anilines is 2. The molecular weight excluding hydrogens is 397 g/mol. The number of rotatable bonds is 4. The fourth-order valence-corrected chi connectivity index (χ4v) is 3.69. The van der Waals surface area contributed by atoms with Crippen molar-refractivity contribution in [2.75, 3.05) is 42.9 Å². The first-order valence-electron chi connectivity index (χ1n) is 9.02. The SMILES string of the molecule is O=C(CN1CCN(c2ncnc3cc(Cl)ccc23)CC1)Nc1ccccc1Cl. The van der Waals surface area contributed by atoms with Gasteiger partial charge in [0.15, 0.2) is 0 Å². The number of hydrogen-bond donors (Lipinski definition) is 1. The van der Waals surface area contributed by atoms with Gasteiger partial charge >= 0.3 is 0 Å². The van der Waals surface area contributed by atoms with Gasteiger partial charge in [0.05, 0.1) is 22.8 Å². The Morgan fingerprint density at radius 2 is 1.82 bits per heavy atom. The fraction of sp³-hybridized carbons (Fsp3) is 0.250. The molecule has 1 N–H and O–H groups in total. The smallest absolute Gasteiger partial charge is 0.238 e. The second kappa shape index (κ2) is 8.31. The summed E-state index contributed by atoms with van der Waals surface area (Å²) < 4.78 is 0. The van der Waals surface area contributed by atoms with Gasteiger partial charge in [0.1, 0.15) is 12.1 Å². The van der Waals surface area contributed by atoms with Crippen LogP contribution in [0.4, 0.5) is 11.5 Å². The van der Waals surface area contributed by atoms with Crippen LogP contribution in [-0.4, -0.2) is 53.5 Å². The highest BCUT2D eigenvalue weighted by Gasteiger charge is 2.21. The molecule has 0 unspecified atom stereocenters. The number of halogens is 2. The van der Waals surface area contributed by atoms with E-state index in [1.165, 1.54) is 0 Å². The molecule has 1 saturated heterocycles. The quantitative estimate of drug-likeness (QED) is 0.703. The Labute approximate surface area is 173 Å². The van der Waals surface area contributed by atoms with Crippen LogP contribution in [0.5, 0.6) is 0 Å². The second-order valence-corrected chi connectivity index (χ2v) is 7.49. The molecule has 8 heteroatoms. The van der Waals surface area contributed by atoms with Crippen LogP contribution in [-0.2, 0) is 4.79 Å². The Bertz CT molecular complexity index is 1000. The predicted octanol–water partition coefficient (Wildman–Crippen LogP) is 3.70. The van der Waals surface area contributed by atoms with Crippen molar-refractivity contribution in [2.24, 2.45) is 0 Å². The number of hydrogen-bond acceptors (Lipinski definition) is 5. The summed E-state index contributed by atoms with van der Waals surface area (Å²) in [5, 5.41) is 5.05. The van der Waals surface area contributed by atoms with E-state index in [1.807, 2.05) is 30.3 Å². The zero-order chi connectivity index (χ0) is 19.5. The number of carbonyl (C=O) groups excluding carboxylic acids is 1. The molecule has 0 bridgehead atoms. The highest BCUT2D eigenvalue weighted by atomic mass is 35.5. The normalized spacial score (nSPS) is 15.0. The highest BCUT2D eigenvalue weighted by molar-refractivity contribution is 6.33. The first-order valence-corrected chi connectivity index (χ1v) is 9.78. The minimum Gasteiger partial charge on any atom is -0.353 e. The number of amides is 1. The number of nitrogens with one attached hydrogen (secondary N) is 1. The van der Waals surface area contributed by atoms with Crippen molar-refractivity contribution < 1.29 is 4.79 Å². The average molecular weight is 416 g/mol. The maximum atomic E-state index is 12.3. The lowest BCUT2D eigenvalue weighted by Gasteiger charge is -2.35. The van der Waals surface area contributed by atoms with Gasteiger partial charge in [-0.3, -0.25) is 9.69 Å². The summed E-state index contributed by atoms with van der Waals surface area (Å²) >= 11 is 12.2. The van der Waals surface area contributed by atoms with E-state index in [0.717, 1.165) is 42.9 Å². The van der Waals surface area contributed by atoms with Gasteiger partial charge in [-0.25, -0.2) is 9.97 Å². The van der Waals surface area contributed by atoms with Gasteiger partial charge in [0.2, 0.25) is 5.91 Å². The molecule has 4 rings (SSSR count). The third kappa shape index (κ3) is 4.19. The van der Waals surface area contributed by atoms with E-state index in [-0.39, 0.29) is 5.91 Å². The van der Waals surface area contributed by atoms with E-state index in [9.17, 15) is 4.79 Å². The molecule has 3 aromatic rings. The molecular formula is C20H19Cl2N5O. The number of nitrogens with zero attached hydrogens (tertiary/aromatic N) is 4. The molecule has 1 aromatic heterocycles. The van der Waals surface area contributed by atoms with E-state index in [1.54, 1.807) is 18.5 Å². The summed E-state index contributed by atoms with van der Waals surface area (Å²) in [7, 11) is 0. The van der Waals surface area contributed by atoms with Crippen molar-refractivity contribution in [3.8, 4) is 0 Å². The topological polar surface area (TPSA) is 61.4 Å². The number of benzene rings is 2. The van der Waals surface area contributed by atoms with E-state index >= 15 is 0 Å². The van der Waals surface area contributed by atoms with E-state index in [0.29, 0.717) is 22.3 Å². The molecule has 6 nitrogen and oxygen atoms in total. The summed E-state index contributed by atoms with van der Waals surface area (Å²) in [4.78, 5) is 25.5. The minimum absolute atomic E-state index is 0.0660. The van der Waals surface area contributed by atoms with E-state index in [2.05, 4.69) is 25.1 Å². The Morgan fingerprint density at radius 3 is 2.61 bits per heavy atom. The molecule has 28 heavy (non-hydrogen) atoms. The molecule has 1 aliphatic rings. The maximum absolute atomic E-state index is 12.3. The molecule has 144 valence electrons. The minimum atomic E-state index is -0.0660. The average Bonchev–Trinajstić information content (AvgIpc) is 2.70. The Morgan fingerprint density at radius 1 is 1.04 bits per heavy atom. The van der Waals surface area contributed by atoms with Crippen molar-refractivity contribution in [3.05, 3.63) is 58.8 Å². The van der Waals surface area contributed by atoms with Crippen LogP contribution in [0.25, 0.3) is 10.9 Å². The summed E-state index contributed by atoms with van der Waals surface area (Å²) in [5.74, 6) is 0.838. The van der Waals surface area contributed by atoms with Crippen LogP contribution < -0.4 is 10.2 Å². The number of para-hydroxylation sites is 1. The lowest BCUT2D eigenvalue weighted by atomic mass is 10.2. The number of carbonyl (C=O) groups is 1. The lowest BCUT2D eigenvalue weighted by molar-refractivity contribution is -0.117. The van der Waals surface area contributed by atoms with Gasteiger partial charge in [-0.15, -0.1) is 0 Å². The summed E-state index contributed by atoms with van der Waals surface area (Å²) in [6.45, 7) is 3.45. The maximum Gasteiger partial charge on any atom is 0.238 e. The van der Waals surface area contributed by atoms with E-state index < -0.39 is 0 Å². The van der Waals surface area contributed by atoms with Crippen molar-refractivity contribution in [1.82, 2.24) is 14.9 Å². The Balaban J connectivity index is 1.37. The molecule has 2 heterocycles. The van der Waals surface area contributed by atoms with Gasteiger partial charge in [-0.05, 0) is 30.3 Å². The third-order valence-corrected chi connectivity index (χ3v) is 5.33. The molecule has 0 atom stereocenters. The van der Waals surface area contributed by atoms with Gasteiger partial charge in [0.25, 0.3) is 0 Å². The molecule has 0 radical (unpaired) electrons. The van der Waals surface area contributed by atoms with Crippen LogP contribution in [0.15, 0.2) is 48.8 Å². The highest BCUT2D eigenvalue weighted by Crippen LogP contribution is 2.26. The molecule has 0 spiro atoms. The molecule has 1 aliphatic heterocycles. The summed E-state index contributed by atoms with van der Waals surface area (Å²) in [6, 6.07) is 12.9. The number of piperazine rings is 1. The number of aromatic nitrogens is 2. The second-order valence-electron chi connectivity index (χ2n) is 6.65.